The Balaban J connectivity index is 2.08. The monoisotopic (exact) mass is 349 g/mol. The van der Waals surface area contributed by atoms with Crippen molar-refractivity contribution in [3.63, 3.8) is 0 Å². The molecule has 0 saturated heterocycles. The van der Waals surface area contributed by atoms with Crippen LogP contribution in [0.1, 0.15) is 18.1 Å². The SMILES string of the molecule is COc1ccc(F)cc1CS(=O)C(C)C(=O)Nc1ccccc1C. The van der Waals surface area contributed by atoms with E-state index in [1.165, 1.54) is 25.3 Å². The average molecular weight is 349 g/mol. The standard InChI is InChI=1S/C18H20FNO3S/c1-12-6-4-5-7-16(12)20-18(21)13(2)24(22)11-14-10-15(19)8-9-17(14)23-3/h4-10,13H,11H2,1-3H3,(H,20,21). The highest BCUT2D eigenvalue weighted by atomic mass is 32.2. The molecule has 0 bridgehead atoms. The van der Waals surface area contributed by atoms with Crippen molar-refractivity contribution in [3.05, 3.63) is 59.4 Å². The molecule has 0 radical (unpaired) electrons. The molecule has 128 valence electrons. The van der Waals surface area contributed by atoms with Crippen LogP contribution in [0.3, 0.4) is 0 Å². The molecule has 0 aromatic heterocycles. The molecule has 2 unspecified atom stereocenters. The average Bonchev–Trinajstić information content (AvgIpc) is 2.56. The Morgan fingerprint density at radius 1 is 1.29 bits per heavy atom. The van der Waals surface area contributed by atoms with Crippen LogP contribution < -0.4 is 10.1 Å². The van der Waals surface area contributed by atoms with E-state index in [1.54, 1.807) is 13.0 Å². The van der Waals surface area contributed by atoms with Crippen LogP contribution in [-0.2, 0) is 21.3 Å². The summed E-state index contributed by atoms with van der Waals surface area (Å²) in [7, 11) is -0.0387. The first-order valence-electron chi connectivity index (χ1n) is 7.48. The molecule has 0 aliphatic heterocycles. The summed E-state index contributed by atoms with van der Waals surface area (Å²) in [4.78, 5) is 12.3. The minimum absolute atomic E-state index is 0.0449. The van der Waals surface area contributed by atoms with Crippen molar-refractivity contribution in [2.45, 2.75) is 24.9 Å². The van der Waals surface area contributed by atoms with Crippen LogP contribution in [0.15, 0.2) is 42.5 Å². The van der Waals surface area contributed by atoms with E-state index in [1.807, 2.05) is 25.1 Å². The smallest absolute Gasteiger partial charge is 0.239 e. The Morgan fingerprint density at radius 2 is 2.00 bits per heavy atom. The third kappa shape index (κ3) is 4.41. The first-order valence-corrected chi connectivity index (χ1v) is 8.86. The summed E-state index contributed by atoms with van der Waals surface area (Å²) in [5, 5.41) is 2.04. The number of para-hydroxylation sites is 1. The molecule has 0 fully saturated rings. The molecule has 24 heavy (non-hydrogen) atoms. The lowest BCUT2D eigenvalue weighted by Crippen LogP contribution is -2.30. The molecule has 0 aliphatic rings. The summed E-state index contributed by atoms with van der Waals surface area (Å²) < 4.78 is 31.0. The molecule has 0 saturated carbocycles. The molecule has 0 aliphatic carbocycles. The van der Waals surface area contributed by atoms with Gasteiger partial charge in [-0.2, -0.15) is 0 Å². The summed E-state index contributed by atoms with van der Waals surface area (Å²) in [6.45, 7) is 3.48. The van der Waals surface area contributed by atoms with Gasteiger partial charge in [0.1, 0.15) is 16.8 Å². The van der Waals surface area contributed by atoms with Gasteiger partial charge in [0.15, 0.2) is 0 Å². The second-order valence-corrected chi connectivity index (χ2v) is 7.18. The van der Waals surface area contributed by atoms with E-state index in [9.17, 15) is 13.4 Å². The van der Waals surface area contributed by atoms with Crippen molar-refractivity contribution < 1.29 is 18.1 Å². The number of amides is 1. The van der Waals surface area contributed by atoms with Crippen molar-refractivity contribution >= 4 is 22.4 Å². The molecule has 4 nitrogen and oxygen atoms in total. The summed E-state index contributed by atoms with van der Waals surface area (Å²) in [6.07, 6.45) is 0. The number of hydrogen-bond acceptors (Lipinski definition) is 3. The van der Waals surface area contributed by atoms with E-state index >= 15 is 0 Å². The predicted molar refractivity (Wildman–Crippen MR) is 94.1 cm³/mol. The number of halogens is 1. The summed E-state index contributed by atoms with van der Waals surface area (Å²) in [5.74, 6) is -0.266. The first-order chi connectivity index (χ1) is 11.4. The Hall–Kier alpha value is -2.21. The van der Waals surface area contributed by atoms with Crippen LogP contribution in [0, 0.1) is 12.7 Å². The second-order valence-electron chi connectivity index (χ2n) is 5.43. The Bertz CT molecular complexity index is 764. The Kier molecular flexibility index (Phi) is 6.09. The molecule has 2 aromatic rings. The fourth-order valence-electron chi connectivity index (χ4n) is 2.21. The van der Waals surface area contributed by atoms with Gasteiger partial charge in [-0.05, 0) is 43.7 Å². The number of hydrogen-bond donors (Lipinski definition) is 1. The van der Waals surface area contributed by atoms with E-state index in [0.717, 1.165) is 5.56 Å². The van der Waals surface area contributed by atoms with E-state index < -0.39 is 21.9 Å². The fraction of sp³-hybridized carbons (Fsp3) is 0.278. The number of benzene rings is 2. The van der Waals surface area contributed by atoms with E-state index in [0.29, 0.717) is 17.0 Å². The number of carbonyl (C=O) groups excluding carboxylic acids is 1. The molecule has 1 amide bonds. The molecule has 2 atom stereocenters. The number of ether oxygens (including phenoxy) is 1. The first kappa shape index (κ1) is 18.1. The van der Waals surface area contributed by atoms with Gasteiger partial charge in [-0.25, -0.2) is 4.39 Å². The number of nitrogens with one attached hydrogen (secondary N) is 1. The molecule has 0 spiro atoms. The lowest BCUT2D eigenvalue weighted by atomic mass is 10.2. The number of anilines is 1. The van der Waals surface area contributed by atoms with Crippen LogP contribution in [0.5, 0.6) is 5.75 Å². The van der Waals surface area contributed by atoms with Crippen molar-refractivity contribution in [3.8, 4) is 5.75 Å². The maximum Gasteiger partial charge on any atom is 0.239 e. The Labute approximate surface area is 143 Å². The van der Waals surface area contributed by atoms with Crippen molar-refractivity contribution in [2.75, 3.05) is 12.4 Å². The van der Waals surface area contributed by atoms with Crippen molar-refractivity contribution in [1.29, 1.82) is 0 Å². The highest BCUT2D eigenvalue weighted by Crippen LogP contribution is 2.22. The topological polar surface area (TPSA) is 55.4 Å². The molecule has 0 heterocycles. The van der Waals surface area contributed by atoms with Crippen LogP contribution in [0.4, 0.5) is 10.1 Å². The predicted octanol–water partition coefficient (Wildman–Crippen LogP) is 3.42. The van der Waals surface area contributed by atoms with Crippen LogP contribution in [0.25, 0.3) is 0 Å². The van der Waals surface area contributed by atoms with Crippen LogP contribution >= 0.6 is 0 Å². The van der Waals surface area contributed by atoms with Gasteiger partial charge in [0.25, 0.3) is 0 Å². The van der Waals surface area contributed by atoms with Gasteiger partial charge in [-0.1, -0.05) is 18.2 Å². The van der Waals surface area contributed by atoms with E-state index in [4.69, 9.17) is 4.74 Å². The van der Waals surface area contributed by atoms with Crippen LogP contribution in [-0.4, -0.2) is 22.5 Å². The molecular formula is C18H20FNO3S. The zero-order valence-corrected chi connectivity index (χ0v) is 14.7. The third-order valence-corrected chi connectivity index (χ3v) is 5.30. The van der Waals surface area contributed by atoms with Gasteiger partial charge >= 0.3 is 0 Å². The molecular weight excluding hydrogens is 329 g/mol. The zero-order chi connectivity index (χ0) is 17.7. The normalized spacial score (nSPS) is 13.2. The van der Waals surface area contributed by atoms with E-state index in [-0.39, 0.29) is 11.7 Å². The molecule has 1 N–H and O–H groups in total. The maximum absolute atomic E-state index is 13.4. The molecule has 6 heteroatoms. The van der Waals surface area contributed by atoms with Crippen LogP contribution in [0.2, 0.25) is 0 Å². The number of aryl methyl sites for hydroxylation is 1. The minimum atomic E-state index is -1.50. The summed E-state index contributed by atoms with van der Waals surface area (Å²) >= 11 is 0. The van der Waals surface area contributed by atoms with Gasteiger partial charge in [-0.15, -0.1) is 0 Å². The van der Waals surface area contributed by atoms with Gasteiger partial charge < -0.3 is 10.1 Å². The third-order valence-electron chi connectivity index (χ3n) is 3.71. The summed E-state index contributed by atoms with van der Waals surface area (Å²) in [5.41, 5.74) is 2.09. The van der Waals surface area contributed by atoms with Gasteiger partial charge in [-0.3, -0.25) is 9.00 Å². The van der Waals surface area contributed by atoms with Gasteiger partial charge in [0, 0.05) is 22.1 Å². The lowest BCUT2D eigenvalue weighted by molar-refractivity contribution is -0.115. The highest BCUT2D eigenvalue weighted by Gasteiger charge is 2.22. The second kappa shape index (κ2) is 8.06. The Morgan fingerprint density at radius 3 is 2.67 bits per heavy atom. The number of rotatable bonds is 6. The molecule has 2 aromatic carbocycles. The highest BCUT2D eigenvalue weighted by molar-refractivity contribution is 7.85. The quantitative estimate of drug-likeness (QED) is 0.869. The van der Waals surface area contributed by atoms with Gasteiger partial charge in [0.05, 0.1) is 12.9 Å². The largest absolute Gasteiger partial charge is 0.496 e. The van der Waals surface area contributed by atoms with Crippen molar-refractivity contribution in [1.82, 2.24) is 0 Å². The van der Waals surface area contributed by atoms with E-state index in [2.05, 4.69) is 5.32 Å². The summed E-state index contributed by atoms with van der Waals surface area (Å²) in [6, 6.07) is 11.4. The molecule has 2 rings (SSSR count). The zero-order valence-electron chi connectivity index (χ0n) is 13.8. The fourth-order valence-corrected chi connectivity index (χ4v) is 3.28. The lowest BCUT2D eigenvalue weighted by Gasteiger charge is -2.15. The minimum Gasteiger partial charge on any atom is -0.496 e. The van der Waals surface area contributed by atoms with Gasteiger partial charge in [0.2, 0.25) is 5.91 Å². The number of carbonyl (C=O) groups is 1. The number of methoxy groups -OCH3 is 1. The maximum atomic E-state index is 13.4. The van der Waals surface area contributed by atoms with Crippen molar-refractivity contribution in [2.24, 2.45) is 0 Å².